The first kappa shape index (κ1) is 18.6. The van der Waals surface area contributed by atoms with Gasteiger partial charge in [0.2, 0.25) is 0 Å². The normalized spacial score (nSPS) is 10.8. The summed E-state index contributed by atoms with van der Waals surface area (Å²) in [4.78, 5) is 27.7. The third-order valence-electron chi connectivity index (χ3n) is 4.82. The van der Waals surface area contributed by atoms with Crippen LogP contribution in [0.1, 0.15) is 15.9 Å². The minimum Gasteiger partial charge on any atom is -0.497 e. The molecule has 2 heterocycles. The molecular formula is C23H21N3O3. The van der Waals surface area contributed by atoms with Crippen molar-refractivity contribution in [3.05, 3.63) is 94.5 Å². The van der Waals surface area contributed by atoms with Gasteiger partial charge in [-0.2, -0.15) is 0 Å². The Labute approximate surface area is 167 Å². The highest BCUT2D eigenvalue weighted by Crippen LogP contribution is 2.18. The molecule has 4 rings (SSSR count). The fraction of sp³-hybridized carbons (Fsp3) is 0.130. The van der Waals surface area contributed by atoms with Gasteiger partial charge in [0, 0.05) is 41.8 Å². The summed E-state index contributed by atoms with van der Waals surface area (Å²) in [7, 11) is 1.59. The van der Waals surface area contributed by atoms with E-state index in [1.807, 2.05) is 65.5 Å². The number of pyridine rings is 1. The Kier molecular flexibility index (Phi) is 5.16. The van der Waals surface area contributed by atoms with Crippen LogP contribution in [-0.4, -0.2) is 29.1 Å². The monoisotopic (exact) mass is 387 g/mol. The van der Waals surface area contributed by atoms with Crippen LogP contribution in [0.2, 0.25) is 0 Å². The zero-order valence-corrected chi connectivity index (χ0v) is 16.0. The van der Waals surface area contributed by atoms with E-state index in [2.05, 4.69) is 10.3 Å². The fourth-order valence-electron chi connectivity index (χ4n) is 3.27. The maximum atomic E-state index is 12.5. The lowest BCUT2D eigenvalue weighted by atomic mass is 10.1. The zero-order valence-electron chi connectivity index (χ0n) is 16.0. The standard InChI is InChI=1S/C23H21N3O3/c1-29-20-8-7-16-13-18(23(28)25-21(16)15-20)9-10-24-22(27)17-5-4-6-19(14-17)26-11-2-3-12-26/h2-8,11-15H,9-10H2,1H3,(H,24,27)(H,25,28). The van der Waals surface area contributed by atoms with Gasteiger partial charge in [-0.05, 0) is 60.3 Å². The van der Waals surface area contributed by atoms with Crippen molar-refractivity contribution >= 4 is 16.8 Å². The van der Waals surface area contributed by atoms with Gasteiger partial charge in [0.25, 0.3) is 11.5 Å². The van der Waals surface area contributed by atoms with Gasteiger partial charge in [0.1, 0.15) is 5.75 Å². The number of H-pyrrole nitrogens is 1. The predicted molar refractivity (Wildman–Crippen MR) is 113 cm³/mol. The van der Waals surface area contributed by atoms with Crippen molar-refractivity contribution in [1.29, 1.82) is 0 Å². The minimum absolute atomic E-state index is 0.158. The van der Waals surface area contributed by atoms with E-state index < -0.39 is 0 Å². The number of methoxy groups -OCH3 is 1. The molecule has 0 atom stereocenters. The first-order valence-electron chi connectivity index (χ1n) is 9.35. The van der Waals surface area contributed by atoms with Crippen LogP contribution in [0.3, 0.4) is 0 Å². The van der Waals surface area contributed by atoms with Crippen LogP contribution < -0.4 is 15.6 Å². The van der Waals surface area contributed by atoms with Crippen molar-refractivity contribution in [1.82, 2.24) is 14.9 Å². The number of aromatic amines is 1. The summed E-state index contributed by atoms with van der Waals surface area (Å²) in [5.41, 5.74) is 2.70. The summed E-state index contributed by atoms with van der Waals surface area (Å²) in [6, 6.07) is 18.7. The third-order valence-corrected chi connectivity index (χ3v) is 4.82. The average molecular weight is 387 g/mol. The molecular weight excluding hydrogens is 366 g/mol. The molecule has 6 heteroatoms. The van der Waals surface area contributed by atoms with Crippen molar-refractivity contribution in [3.8, 4) is 11.4 Å². The second-order valence-electron chi connectivity index (χ2n) is 6.72. The Hall–Kier alpha value is -3.80. The zero-order chi connectivity index (χ0) is 20.2. The molecule has 29 heavy (non-hydrogen) atoms. The number of rotatable bonds is 6. The number of carbonyl (C=O) groups is 1. The number of hydrogen-bond acceptors (Lipinski definition) is 3. The van der Waals surface area contributed by atoms with E-state index in [4.69, 9.17) is 4.74 Å². The first-order chi connectivity index (χ1) is 14.1. The third kappa shape index (κ3) is 4.06. The Morgan fingerprint density at radius 1 is 1.07 bits per heavy atom. The van der Waals surface area contributed by atoms with Crippen LogP contribution >= 0.6 is 0 Å². The summed E-state index contributed by atoms with van der Waals surface area (Å²) in [5.74, 6) is 0.524. The number of hydrogen-bond donors (Lipinski definition) is 2. The maximum absolute atomic E-state index is 12.5. The summed E-state index contributed by atoms with van der Waals surface area (Å²) in [6.07, 6.45) is 4.30. The number of ether oxygens (including phenoxy) is 1. The van der Waals surface area contributed by atoms with Crippen molar-refractivity contribution in [2.45, 2.75) is 6.42 Å². The smallest absolute Gasteiger partial charge is 0.251 e. The Morgan fingerprint density at radius 3 is 2.69 bits per heavy atom. The molecule has 0 aliphatic rings. The number of fused-ring (bicyclic) bond motifs is 1. The topological polar surface area (TPSA) is 76.1 Å². The van der Waals surface area contributed by atoms with E-state index in [1.165, 1.54) is 0 Å². The van der Waals surface area contributed by atoms with E-state index in [1.54, 1.807) is 19.2 Å². The highest BCUT2D eigenvalue weighted by Gasteiger charge is 2.08. The number of nitrogens with one attached hydrogen (secondary N) is 2. The Balaban J connectivity index is 1.44. The van der Waals surface area contributed by atoms with Crippen molar-refractivity contribution < 1.29 is 9.53 Å². The lowest BCUT2D eigenvalue weighted by Crippen LogP contribution is -2.27. The quantitative estimate of drug-likeness (QED) is 0.533. The Bertz CT molecular complexity index is 1210. The van der Waals surface area contributed by atoms with E-state index in [-0.39, 0.29) is 11.5 Å². The predicted octanol–water partition coefficient (Wildman–Crippen LogP) is 3.30. The highest BCUT2D eigenvalue weighted by molar-refractivity contribution is 5.94. The molecule has 1 amide bonds. The fourth-order valence-corrected chi connectivity index (χ4v) is 3.27. The first-order valence-corrected chi connectivity index (χ1v) is 9.35. The summed E-state index contributed by atoms with van der Waals surface area (Å²) in [5, 5.41) is 3.81. The SMILES string of the molecule is COc1ccc2cc(CCNC(=O)c3cccc(-n4cccc4)c3)c(=O)[nH]c2c1. The molecule has 0 unspecified atom stereocenters. The van der Waals surface area contributed by atoms with Gasteiger partial charge in [-0.1, -0.05) is 6.07 Å². The van der Waals surface area contributed by atoms with Crippen LogP contribution in [0.25, 0.3) is 16.6 Å². The lowest BCUT2D eigenvalue weighted by Gasteiger charge is -2.09. The lowest BCUT2D eigenvalue weighted by molar-refractivity contribution is 0.0954. The van der Waals surface area contributed by atoms with Gasteiger partial charge in [-0.25, -0.2) is 0 Å². The van der Waals surface area contributed by atoms with E-state index in [0.717, 1.165) is 16.6 Å². The van der Waals surface area contributed by atoms with Gasteiger partial charge >= 0.3 is 0 Å². The second-order valence-corrected chi connectivity index (χ2v) is 6.72. The molecule has 0 aliphatic carbocycles. The average Bonchev–Trinajstić information content (AvgIpc) is 3.28. The molecule has 2 N–H and O–H groups in total. The molecule has 0 spiro atoms. The molecule has 2 aromatic carbocycles. The van der Waals surface area contributed by atoms with Crippen molar-refractivity contribution in [2.75, 3.05) is 13.7 Å². The van der Waals surface area contributed by atoms with Gasteiger partial charge in [-0.15, -0.1) is 0 Å². The van der Waals surface area contributed by atoms with Crippen LogP contribution in [0.4, 0.5) is 0 Å². The summed E-state index contributed by atoms with van der Waals surface area (Å²) in [6.45, 7) is 0.372. The van der Waals surface area contributed by atoms with Crippen LogP contribution in [0.15, 0.2) is 77.9 Å². The molecule has 2 aromatic heterocycles. The number of benzene rings is 2. The van der Waals surface area contributed by atoms with Crippen molar-refractivity contribution in [3.63, 3.8) is 0 Å². The second kappa shape index (κ2) is 8.06. The van der Waals surface area contributed by atoms with E-state index in [9.17, 15) is 9.59 Å². The highest BCUT2D eigenvalue weighted by atomic mass is 16.5. The van der Waals surface area contributed by atoms with Gasteiger partial charge in [-0.3, -0.25) is 9.59 Å². The molecule has 146 valence electrons. The molecule has 0 saturated carbocycles. The molecule has 0 fully saturated rings. The van der Waals surface area contributed by atoms with Gasteiger partial charge in [0.05, 0.1) is 12.6 Å². The maximum Gasteiger partial charge on any atom is 0.251 e. The largest absolute Gasteiger partial charge is 0.497 e. The van der Waals surface area contributed by atoms with Crippen LogP contribution in [-0.2, 0) is 6.42 Å². The van der Waals surface area contributed by atoms with Gasteiger partial charge in [0.15, 0.2) is 0 Å². The van der Waals surface area contributed by atoms with Crippen LogP contribution in [0, 0.1) is 0 Å². The number of nitrogens with zero attached hydrogens (tertiary/aromatic N) is 1. The number of aromatic nitrogens is 2. The molecule has 0 radical (unpaired) electrons. The van der Waals surface area contributed by atoms with Gasteiger partial charge < -0.3 is 19.6 Å². The number of amides is 1. The Morgan fingerprint density at radius 2 is 1.90 bits per heavy atom. The van der Waals surface area contributed by atoms with E-state index >= 15 is 0 Å². The molecule has 4 aromatic rings. The molecule has 6 nitrogen and oxygen atoms in total. The summed E-state index contributed by atoms with van der Waals surface area (Å²) < 4.78 is 7.13. The van der Waals surface area contributed by atoms with Crippen molar-refractivity contribution in [2.24, 2.45) is 0 Å². The molecule has 0 saturated heterocycles. The number of carbonyl (C=O) groups excluding carboxylic acids is 1. The molecule has 0 bridgehead atoms. The summed E-state index contributed by atoms with van der Waals surface area (Å²) >= 11 is 0. The molecule has 0 aliphatic heterocycles. The van der Waals surface area contributed by atoms with Crippen LogP contribution in [0.5, 0.6) is 5.75 Å². The minimum atomic E-state index is -0.166. The van der Waals surface area contributed by atoms with E-state index in [0.29, 0.717) is 29.8 Å².